The van der Waals surface area contributed by atoms with E-state index in [1.165, 1.54) is 5.39 Å². The molecule has 3 aromatic rings. The Hall–Kier alpha value is -1.74. The molecule has 0 saturated carbocycles. The molecule has 2 N–H and O–H groups in total. The lowest BCUT2D eigenvalue weighted by Crippen LogP contribution is -1.90. The van der Waals surface area contributed by atoms with Crippen LogP contribution in [-0.4, -0.2) is 4.98 Å². The van der Waals surface area contributed by atoms with Gasteiger partial charge in [-0.25, -0.2) is 0 Å². The summed E-state index contributed by atoms with van der Waals surface area (Å²) in [6.45, 7) is 0. The number of aromatic amines is 1. The van der Waals surface area contributed by atoms with Gasteiger partial charge in [0, 0.05) is 32.9 Å². The summed E-state index contributed by atoms with van der Waals surface area (Å²) in [5.41, 5.74) is 3.33. The zero-order valence-electron chi connectivity index (χ0n) is 9.07. The quantitative estimate of drug-likeness (QED) is 0.704. The Morgan fingerprint density at radius 2 is 1.88 bits per heavy atom. The monoisotopic (exact) mass is 286 g/mol. The van der Waals surface area contributed by atoms with Crippen LogP contribution in [-0.2, 0) is 0 Å². The summed E-state index contributed by atoms with van der Waals surface area (Å²) in [6.07, 6.45) is 1.96. The molecule has 17 heavy (non-hydrogen) atoms. The first-order valence-corrected chi connectivity index (χ1v) is 6.21. The van der Waals surface area contributed by atoms with Crippen molar-refractivity contribution in [3.8, 4) is 0 Å². The van der Waals surface area contributed by atoms with Crippen molar-refractivity contribution < 1.29 is 0 Å². The van der Waals surface area contributed by atoms with Gasteiger partial charge in [-0.3, -0.25) is 0 Å². The number of nitrogens with one attached hydrogen (secondary N) is 2. The van der Waals surface area contributed by atoms with Gasteiger partial charge in [-0.15, -0.1) is 0 Å². The van der Waals surface area contributed by atoms with Crippen LogP contribution in [0, 0.1) is 0 Å². The van der Waals surface area contributed by atoms with Gasteiger partial charge in [-0.05, 0) is 36.4 Å². The second-order valence-corrected chi connectivity index (χ2v) is 4.80. The molecule has 0 aliphatic carbocycles. The Labute approximate surface area is 108 Å². The summed E-state index contributed by atoms with van der Waals surface area (Å²) in [4.78, 5) is 3.21. The number of rotatable bonds is 2. The van der Waals surface area contributed by atoms with E-state index in [1.807, 2.05) is 24.4 Å². The molecular weight excluding hydrogens is 276 g/mol. The maximum atomic E-state index is 3.47. The van der Waals surface area contributed by atoms with Crippen LogP contribution in [0.4, 0.5) is 11.4 Å². The van der Waals surface area contributed by atoms with E-state index < -0.39 is 0 Å². The summed E-state index contributed by atoms with van der Waals surface area (Å²) in [7, 11) is 0. The number of aromatic nitrogens is 1. The maximum absolute atomic E-state index is 3.47. The molecule has 0 radical (unpaired) electrons. The van der Waals surface area contributed by atoms with Gasteiger partial charge in [-0.2, -0.15) is 0 Å². The Morgan fingerprint density at radius 1 is 1.00 bits per heavy atom. The highest BCUT2D eigenvalue weighted by atomic mass is 79.9. The molecule has 0 aliphatic heterocycles. The van der Waals surface area contributed by atoms with Crippen molar-refractivity contribution >= 4 is 38.2 Å². The second-order valence-electron chi connectivity index (χ2n) is 3.88. The van der Waals surface area contributed by atoms with Crippen LogP contribution >= 0.6 is 15.9 Å². The van der Waals surface area contributed by atoms with Crippen molar-refractivity contribution in [2.24, 2.45) is 0 Å². The fourth-order valence-corrected chi connectivity index (χ4v) is 2.32. The van der Waals surface area contributed by atoms with Crippen molar-refractivity contribution in [3.05, 3.63) is 59.2 Å². The third kappa shape index (κ3) is 2.06. The number of fused-ring (bicyclic) bond motifs is 1. The summed E-state index contributed by atoms with van der Waals surface area (Å²) in [6, 6.07) is 16.4. The molecule has 0 atom stereocenters. The van der Waals surface area contributed by atoms with E-state index in [2.05, 4.69) is 56.6 Å². The van der Waals surface area contributed by atoms with Crippen LogP contribution in [0.3, 0.4) is 0 Å². The average molecular weight is 287 g/mol. The first kappa shape index (κ1) is 10.4. The number of H-pyrrole nitrogens is 1. The maximum Gasteiger partial charge on any atom is 0.0479 e. The van der Waals surface area contributed by atoms with Crippen molar-refractivity contribution in [2.45, 2.75) is 0 Å². The van der Waals surface area contributed by atoms with Gasteiger partial charge in [0.25, 0.3) is 0 Å². The molecule has 0 aliphatic rings. The fourth-order valence-electron chi connectivity index (χ4n) is 1.92. The van der Waals surface area contributed by atoms with Gasteiger partial charge in [-0.1, -0.05) is 28.1 Å². The third-order valence-corrected chi connectivity index (χ3v) is 3.19. The molecule has 0 fully saturated rings. The van der Waals surface area contributed by atoms with Gasteiger partial charge in [0.05, 0.1) is 0 Å². The predicted octanol–water partition coefficient (Wildman–Crippen LogP) is 4.67. The highest BCUT2D eigenvalue weighted by Gasteiger charge is 2.01. The zero-order valence-corrected chi connectivity index (χ0v) is 10.7. The van der Waals surface area contributed by atoms with Crippen molar-refractivity contribution in [2.75, 3.05) is 5.32 Å². The number of benzene rings is 2. The normalized spacial score (nSPS) is 10.6. The molecule has 2 nitrogen and oxygen atoms in total. The minimum absolute atomic E-state index is 1.07. The molecule has 1 aromatic heterocycles. The lowest BCUT2D eigenvalue weighted by molar-refractivity contribution is 1.48. The van der Waals surface area contributed by atoms with Crippen molar-refractivity contribution in [1.82, 2.24) is 4.98 Å². The van der Waals surface area contributed by atoms with Crippen molar-refractivity contribution in [3.63, 3.8) is 0 Å². The van der Waals surface area contributed by atoms with Crippen LogP contribution in [0.25, 0.3) is 10.9 Å². The molecule has 0 unspecified atom stereocenters. The van der Waals surface area contributed by atoms with Crippen LogP contribution in [0.2, 0.25) is 0 Å². The molecule has 84 valence electrons. The van der Waals surface area contributed by atoms with E-state index in [1.54, 1.807) is 0 Å². The molecule has 0 spiro atoms. The van der Waals surface area contributed by atoms with Gasteiger partial charge < -0.3 is 10.3 Å². The highest BCUT2D eigenvalue weighted by Crippen LogP contribution is 2.26. The van der Waals surface area contributed by atoms with Crippen molar-refractivity contribution in [1.29, 1.82) is 0 Å². The summed E-state index contributed by atoms with van der Waals surface area (Å²) < 4.78 is 1.07. The van der Waals surface area contributed by atoms with E-state index in [4.69, 9.17) is 0 Å². The molecule has 0 amide bonds. The van der Waals surface area contributed by atoms with Crippen LogP contribution in [0.5, 0.6) is 0 Å². The minimum atomic E-state index is 1.07. The Morgan fingerprint density at radius 3 is 2.76 bits per heavy atom. The Kier molecular flexibility index (Phi) is 2.61. The predicted molar refractivity (Wildman–Crippen MR) is 75.7 cm³/mol. The smallest absolute Gasteiger partial charge is 0.0479 e. The lowest BCUT2D eigenvalue weighted by Gasteiger charge is -2.08. The molecular formula is C14H11BrN2. The van der Waals surface area contributed by atoms with Gasteiger partial charge in [0.15, 0.2) is 0 Å². The molecule has 0 saturated heterocycles. The molecule has 1 heterocycles. The van der Waals surface area contributed by atoms with Crippen LogP contribution in [0.15, 0.2) is 59.2 Å². The van der Waals surface area contributed by atoms with Crippen LogP contribution < -0.4 is 5.32 Å². The van der Waals surface area contributed by atoms with Gasteiger partial charge in [0.2, 0.25) is 0 Å². The molecule has 2 aromatic carbocycles. The molecule has 3 heteroatoms. The van der Waals surface area contributed by atoms with E-state index in [9.17, 15) is 0 Å². The largest absolute Gasteiger partial charge is 0.361 e. The molecule has 3 rings (SSSR count). The van der Waals surface area contributed by atoms with E-state index in [0.29, 0.717) is 0 Å². The molecule has 0 bridgehead atoms. The second kappa shape index (κ2) is 4.26. The van der Waals surface area contributed by atoms with E-state index in [-0.39, 0.29) is 0 Å². The van der Waals surface area contributed by atoms with Gasteiger partial charge >= 0.3 is 0 Å². The van der Waals surface area contributed by atoms with E-state index >= 15 is 0 Å². The lowest BCUT2D eigenvalue weighted by atomic mass is 10.2. The zero-order chi connectivity index (χ0) is 11.7. The standard InChI is InChI=1S/C14H11BrN2/c15-10-3-1-4-11(9-10)17-14-6-2-5-13-12(14)7-8-16-13/h1-9,16-17H. The van der Waals surface area contributed by atoms with E-state index in [0.717, 1.165) is 21.4 Å². The summed E-state index contributed by atoms with van der Waals surface area (Å²) in [5.74, 6) is 0. The average Bonchev–Trinajstić information content (AvgIpc) is 2.78. The SMILES string of the molecule is Brc1cccc(Nc2cccc3[nH]ccc23)c1. The minimum Gasteiger partial charge on any atom is -0.361 e. The number of halogens is 1. The summed E-state index contributed by atoms with van der Waals surface area (Å²) in [5, 5.41) is 4.63. The third-order valence-electron chi connectivity index (χ3n) is 2.70. The van der Waals surface area contributed by atoms with Crippen LogP contribution in [0.1, 0.15) is 0 Å². The topological polar surface area (TPSA) is 27.8 Å². The number of anilines is 2. The first-order valence-electron chi connectivity index (χ1n) is 5.42. The number of hydrogen-bond donors (Lipinski definition) is 2. The first-order chi connectivity index (χ1) is 8.33. The Balaban J connectivity index is 2.02. The Bertz CT molecular complexity index is 658. The summed E-state index contributed by atoms with van der Waals surface area (Å²) >= 11 is 3.47. The highest BCUT2D eigenvalue weighted by molar-refractivity contribution is 9.10. The number of hydrogen-bond acceptors (Lipinski definition) is 1. The fraction of sp³-hybridized carbons (Fsp3) is 0. The van der Waals surface area contributed by atoms with Gasteiger partial charge in [0.1, 0.15) is 0 Å².